The van der Waals surface area contributed by atoms with Crippen LogP contribution in [0.5, 0.6) is 11.5 Å². The molecule has 0 aromatic heterocycles. The minimum absolute atomic E-state index is 0.0691. The van der Waals surface area contributed by atoms with Gasteiger partial charge < -0.3 is 40.2 Å². The van der Waals surface area contributed by atoms with E-state index in [1.165, 1.54) is 57.8 Å². The quantitative estimate of drug-likeness (QED) is 0.00874. The molecule has 0 saturated heterocycles. The van der Waals surface area contributed by atoms with Crippen LogP contribution in [-0.2, 0) is 47.2 Å². The number of rotatable bonds is 33. The van der Waals surface area contributed by atoms with Crippen LogP contribution in [0, 0.1) is 46.3 Å². The molecule has 0 spiro atoms. The van der Waals surface area contributed by atoms with E-state index in [0.29, 0.717) is 66.4 Å². The summed E-state index contributed by atoms with van der Waals surface area (Å²) < 4.78 is 22.7. The summed E-state index contributed by atoms with van der Waals surface area (Å²) in [5.41, 5.74) is 6.50. The zero-order valence-corrected chi connectivity index (χ0v) is 59.2. The highest BCUT2D eigenvalue weighted by atomic mass is 35.5. The highest BCUT2D eigenvalue weighted by Crippen LogP contribution is 2.67. The molecular formula is C83H104ClN5O9. The Morgan fingerprint density at radius 2 is 1.28 bits per heavy atom. The van der Waals surface area contributed by atoms with Gasteiger partial charge in [-0.15, -0.1) is 0 Å². The SMILES string of the molecule is COc1ccc(C(NCCCC[C@H](NC(=O)[C@H](Cc2ccc(Cl)cc2)NC(=O)CCC(=O)NCCCO[C@H]2CC[C@@]3(C)C(=CC[C@H]4[C@@H]5CC[C@H]([C@H](C)CCCC(C)C)[C@@]5(C)CC[C@@H]43)C2)C(=O)Nc2ccc(COC(=O)Oc3ccccc3)cc2)(c2ccccc2)c2ccccc2)cc1. The van der Waals surface area contributed by atoms with Gasteiger partial charge in [-0.05, 0) is 206 Å². The number of carbonyl (C=O) groups is 5. The van der Waals surface area contributed by atoms with E-state index in [2.05, 4.69) is 104 Å². The molecule has 4 aliphatic carbocycles. The Morgan fingerprint density at radius 1 is 0.612 bits per heavy atom. The molecule has 10 rings (SSSR count). The third kappa shape index (κ3) is 18.7. The van der Waals surface area contributed by atoms with Gasteiger partial charge in [0, 0.05) is 43.1 Å². The van der Waals surface area contributed by atoms with Gasteiger partial charge in [-0.3, -0.25) is 24.5 Å². The number of methoxy groups -OCH3 is 1. The number of anilines is 1. The molecule has 98 heavy (non-hydrogen) atoms. The molecule has 6 aromatic rings. The third-order valence-electron chi connectivity index (χ3n) is 22.2. The first-order chi connectivity index (χ1) is 47.4. The van der Waals surface area contributed by atoms with Gasteiger partial charge in [0.1, 0.15) is 30.2 Å². The number of halogens is 1. The lowest BCUT2D eigenvalue weighted by Crippen LogP contribution is -2.53. The highest BCUT2D eigenvalue weighted by molar-refractivity contribution is 6.30. The number of hydrogen-bond donors (Lipinski definition) is 5. The van der Waals surface area contributed by atoms with Crippen LogP contribution in [0.1, 0.15) is 172 Å². The Hall–Kier alpha value is -7.78. The average Bonchev–Trinajstić information content (AvgIpc) is 1.39. The molecule has 522 valence electrons. The van der Waals surface area contributed by atoms with Gasteiger partial charge >= 0.3 is 6.16 Å². The van der Waals surface area contributed by atoms with Gasteiger partial charge in [-0.1, -0.05) is 192 Å². The lowest BCUT2D eigenvalue weighted by molar-refractivity contribution is -0.131. The van der Waals surface area contributed by atoms with Crippen molar-refractivity contribution in [1.82, 2.24) is 21.3 Å². The van der Waals surface area contributed by atoms with E-state index < -0.39 is 41.5 Å². The molecule has 6 aromatic carbocycles. The summed E-state index contributed by atoms with van der Waals surface area (Å²) in [5.74, 6) is 4.15. The van der Waals surface area contributed by atoms with Crippen LogP contribution >= 0.6 is 11.6 Å². The van der Waals surface area contributed by atoms with Gasteiger partial charge in [-0.25, -0.2) is 4.79 Å². The summed E-state index contributed by atoms with van der Waals surface area (Å²) in [6.07, 6.45) is 17.9. The minimum Gasteiger partial charge on any atom is -0.497 e. The zero-order chi connectivity index (χ0) is 69.1. The first-order valence-corrected chi connectivity index (χ1v) is 36.5. The summed E-state index contributed by atoms with van der Waals surface area (Å²) in [5, 5.41) is 16.3. The summed E-state index contributed by atoms with van der Waals surface area (Å²) in [6, 6.07) is 48.9. The number of unbranched alkanes of at least 4 members (excludes halogenated alkanes) is 1. The van der Waals surface area contributed by atoms with Gasteiger partial charge in [-0.2, -0.15) is 0 Å². The Bertz CT molecular complexity index is 3530. The van der Waals surface area contributed by atoms with Gasteiger partial charge in [0.25, 0.3) is 0 Å². The van der Waals surface area contributed by atoms with Crippen molar-refractivity contribution in [2.45, 2.75) is 181 Å². The molecule has 3 fully saturated rings. The van der Waals surface area contributed by atoms with E-state index in [4.69, 9.17) is 30.5 Å². The van der Waals surface area contributed by atoms with Crippen LogP contribution in [0.4, 0.5) is 10.5 Å². The van der Waals surface area contributed by atoms with Crippen LogP contribution in [0.2, 0.25) is 5.02 Å². The average molecular weight is 1350 g/mol. The zero-order valence-electron chi connectivity index (χ0n) is 58.5. The summed E-state index contributed by atoms with van der Waals surface area (Å²) in [7, 11) is 1.65. The fourth-order valence-corrected chi connectivity index (χ4v) is 17.1. The molecular weight excluding hydrogens is 1250 g/mol. The molecule has 15 heteroatoms. The molecule has 0 bridgehead atoms. The van der Waals surface area contributed by atoms with Gasteiger partial charge in [0.05, 0.1) is 18.8 Å². The topological polar surface area (TPSA) is 182 Å². The third-order valence-corrected chi connectivity index (χ3v) is 22.5. The van der Waals surface area contributed by atoms with Crippen molar-refractivity contribution in [3.05, 3.63) is 208 Å². The maximum atomic E-state index is 14.8. The fraction of sp³-hybridized carbons (Fsp3) is 0.482. The van der Waals surface area contributed by atoms with Crippen molar-refractivity contribution in [2.24, 2.45) is 46.3 Å². The van der Waals surface area contributed by atoms with Crippen molar-refractivity contribution in [3.63, 3.8) is 0 Å². The smallest absolute Gasteiger partial charge is 0.497 e. The molecule has 0 heterocycles. The number of ether oxygens (including phenoxy) is 4. The first kappa shape index (κ1) is 73.0. The first-order valence-electron chi connectivity index (χ1n) is 36.2. The molecule has 0 aliphatic heterocycles. The number of nitrogens with one attached hydrogen (secondary N) is 5. The maximum absolute atomic E-state index is 14.8. The van der Waals surface area contributed by atoms with Crippen LogP contribution in [-0.4, -0.2) is 74.8 Å². The van der Waals surface area contributed by atoms with Crippen molar-refractivity contribution in [2.75, 3.05) is 32.1 Å². The molecule has 3 saturated carbocycles. The predicted molar refractivity (Wildman–Crippen MR) is 389 cm³/mol. The molecule has 0 unspecified atom stereocenters. The number of amides is 4. The number of fused-ring (bicyclic) bond motifs is 5. The largest absolute Gasteiger partial charge is 0.514 e. The number of hydrogen-bond acceptors (Lipinski definition) is 10. The number of benzene rings is 6. The van der Waals surface area contributed by atoms with Gasteiger partial charge in [0.15, 0.2) is 0 Å². The highest BCUT2D eigenvalue weighted by Gasteiger charge is 2.59. The second kappa shape index (κ2) is 34.8. The van der Waals surface area contributed by atoms with Gasteiger partial charge in [0.2, 0.25) is 23.6 Å². The van der Waals surface area contributed by atoms with Crippen molar-refractivity contribution >= 4 is 47.1 Å². The normalized spacial score (nSPS) is 22.0. The van der Waals surface area contributed by atoms with Crippen molar-refractivity contribution in [1.29, 1.82) is 0 Å². The van der Waals surface area contributed by atoms with E-state index in [1.54, 1.807) is 85.5 Å². The summed E-state index contributed by atoms with van der Waals surface area (Å²) in [4.78, 5) is 69.0. The van der Waals surface area contributed by atoms with Crippen LogP contribution in [0.25, 0.3) is 0 Å². The second-order valence-corrected chi connectivity index (χ2v) is 29.5. The summed E-state index contributed by atoms with van der Waals surface area (Å²) >= 11 is 6.30. The molecule has 10 atom stereocenters. The summed E-state index contributed by atoms with van der Waals surface area (Å²) in [6.45, 7) is 13.9. The molecule has 14 nitrogen and oxygen atoms in total. The number of allylic oxidation sites excluding steroid dienone is 1. The predicted octanol–water partition coefficient (Wildman–Crippen LogP) is 16.7. The monoisotopic (exact) mass is 1350 g/mol. The Labute approximate surface area is 586 Å². The second-order valence-electron chi connectivity index (χ2n) is 29.0. The lowest BCUT2D eigenvalue weighted by atomic mass is 9.47. The van der Waals surface area contributed by atoms with Crippen molar-refractivity contribution in [3.8, 4) is 11.5 Å². The number of para-hydroxylation sites is 1. The van der Waals surface area contributed by atoms with E-state index >= 15 is 0 Å². The van der Waals surface area contributed by atoms with E-state index in [1.807, 2.05) is 54.6 Å². The maximum Gasteiger partial charge on any atom is 0.514 e. The molecule has 4 aliphatic rings. The number of carbonyl (C=O) groups excluding carboxylic acids is 5. The lowest BCUT2D eigenvalue weighted by Gasteiger charge is -2.58. The fourth-order valence-electron chi connectivity index (χ4n) is 17.0. The molecule has 0 radical (unpaired) electrons. The molecule has 5 N–H and O–H groups in total. The molecule has 4 amide bonds. The Kier molecular flexibility index (Phi) is 25.9. The van der Waals surface area contributed by atoms with E-state index in [-0.39, 0.29) is 49.7 Å². The van der Waals surface area contributed by atoms with Crippen LogP contribution in [0.3, 0.4) is 0 Å². The van der Waals surface area contributed by atoms with Crippen LogP contribution < -0.4 is 36.1 Å². The van der Waals surface area contributed by atoms with Crippen LogP contribution in [0.15, 0.2) is 175 Å². The van der Waals surface area contributed by atoms with Crippen molar-refractivity contribution < 1.29 is 42.9 Å². The van der Waals surface area contributed by atoms with E-state index in [9.17, 15) is 24.0 Å². The van der Waals surface area contributed by atoms with E-state index in [0.717, 1.165) is 76.4 Å². The Balaban J connectivity index is 0.738. The minimum atomic E-state index is -1.12. The standard InChI is InChI=1S/C83H104ClN5O9/c1-57(2)20-18-21-58(3)71-43-44-72-70-42-35-64-55-69(47-49-81(64,4)73(70)48-50-82(71,72)5)96-53-19-51-85-76(90)45-46-77(91)88-75(54-59-29-36-65(84)37-30-59)79(93)89-74(78(92)87-66-38-31-60(32-39-66)56-97-80(94)98-68-26-14-9-15-27-68)28-16-17-52-86-83(61-22-10-7-11-23-61,62-24-12-8-13-25-62)63-33-40-67(95-6)41-34-63/h7-15,22-27,29-41,57-58,69-75,86H,16-21,28,42-56H2,1-6H3,(H,85,90)(H,87,92)(H,88,91)(H,89,93)/t58-,69+,70+,71-,72+,73+,74+,75+,81+,82-/m1/s1. The Morgan fingerprint density at radius 3 is 1.96 bits per heavy atom.